The van der Waals surface area contributed by atoms with Crippen LogP contribution in [0.15, 0.2) is 22.2 Å². The Kier molecular flexibility index (Phi) is 4.69. The summed E-state index contributed by atoms with van der Waals surface area (Å²) in [7, 11) is 1.40. The summed E-state index contributed by atoms with van der Waals surface area (Å²) in [6.45, 7) is 0.866. The first-order valence-corrected chi connectivity index (χ1v) is 9.03. The second-order valence-corrected chi connectivity index (χ2v) is 7.15. The zero-order valence-electron chi connectivity index (χ0n) is 15.5. The van der Waals surface area contributed by atoms with Crippen LogP contribution in [0, 0.1) is 11.7 Å². The lowest BCUT2D eigenvalue weighted by Crippen LogP contribution is -2.26. The Bertz CT molecular complexity index is 1090. The van der Waals surface area contributed by atoms with Gasteiger partial charge in [-0.15, -0.1) is 0 Å². The van der Waals surface area contributed by atoms with E-state index in [2.05, 4.69) is 10.1 Å². The fourth-order valence-electron chi connectivity index (χ4n) is 3.66. The van der Waals surface area contributed by atoms with Crippen molar-refractivity contribution in [1.82, 2.24) is 9.55 Å². The number of carboxylic acid groups (broad SMARTS) is 1. The summed E-state index contributed by atoms with van der Waals surface area (Å²) in [5.41, 5.74) is 5.03. The highest BCUT2D eigenvalue weighted by atomic mass is 19.1. The molecule has 2 fully saturated rings. The van der Waals surface area contributed by atoms with Crippen LogP contribution in [0.1, 0.15) is 22.8 Å². The normalized spacial score (nSPS) is 25.0. The second-order valence-electron chi connectivity index (χ2n) is 7.15. The largest absolute Gasteiger partial charge is 0.477 e. The minimum atomic E-state index is -1.46. The summed E-state index contributed by atoms with van der Waals surface area (Å²) in [6.07, 6.45) is 0.0809. The molecule has 4 rings (SSSR count). The van der Waals surface area contributed by atoms with Crippen LogP contribution >= 0.6 is 0 Å². The van der Waals surface area contributed by atoms with Gasteiger partial charge in [0.05, 0.1) is 23.7 Å². The Balaban J connectivity index is 1.87. The van der Waals surface area contributed by atoms with Gasteiger partial charge in [-0.3, -0.25) is 4.79 Å². The molecule has 1 saturated heterocycles. The second kappa shape index (κ2) is 7.07. The molecule has 11 heteroatoms. The van der Waals surface area contributed by atoms with E-state index in [4.69, 9.17) is 10.6 Å². The number of halogens is 2. The standard InChI is InChI=1S/C18H19F2N5O4/c1-29-23-13-7-24(5-8(13)4-21)17-12(20)2-9-15(26)10(18(27)28)6-25(16(9)22-17)14-3-11(14)19/h2,6,8,11,14H,3-5,7,21H2,1H3,(H,27,28)/b23-13+/t8?,11-,14+/m0/s1. The highest BCUT2D eigenvalue weighted by molar-refractivity contribution is 5.95. The minimum absolute atomic E-state index is 0.0375. The van der Waals surface area contributed by atoms with Crippen molar-refractivity contribution in [2.75, 3.05) is 31.6 Å². The van der Waals surface area contributed by atoms with Crippen LogP contribution in [0.3, 0.4) is 0 Å². The maximum absolute atomic E-state index is 14.9. The van der Waals surface area contributed by atoms with Crippen molar-refractivity contribution in [1.29, 1.82) is 0 Å². The van der Waals surface area contributed by atoms with Crippen molar-refractivity contribution in [2.45, 2.75) is 18.6 Å². The van der Waals surface area contributed by atoms with Gasteiger partial charge in [-0.1, -0.05) is 5.16 Å². The van der Waals surface area contributed by atoms with Crippen LogP contribution in [-0.4, -0.2) is 59.3 Å². The van der Waals surface area contributed by atoms with E-state index in [-0.39, 0.29) is 42.3 Å². The molecule has 3 heterocycles. The monoisotopic (exact) mass is 407 g/mol. The molecule has 1 unspecified atom stereocenters. The molecular formula is C18H19F2N5O4. The molecule has 0 aromatic carbocycles. The van der Waals surface area contributed by atoms with Gasteiger partial charge in [0.2, 0.25) is 5.43 Å². The lowest BCUT2D eigenvalue weighted by Gasteiger charge is -2.19. The summed E-state index contributed by atoms with van der Waals surface area (Å²) in [6, 6.07) is 0.324. The molecule has 1 aliphatic carbocycles. The molecule has 2 aliphatic rings. The van der Waals surface area contributed by atoms with Crippen LogP contribution < -0.4 is 16.1 Å². The minimum Gasteiger partial charge on any atom is -0.477 e. The molecule has 0 radical (unpaired) electrons. The zero-order chi connectivity index (χ0) is 20.9. The molecule has 2 aromatic rings. The Morgan fingerprint density at radius 3 is 2.83 bits per heavy atom. The molecule has 154 valence electrons. The summed E-state index contributed by atoms with van der Waals surface area (Å²) in [4.78, 5) is 34.6. The fraction of sp³-hybridized carbons (Fsp3) is 0.444. The van der Waals surface area contributed by atoms with Crippen LogP contribution in [0.4, 0.5) is 14.6 Å². The first-order chi connectivity index (χ1) is 13.8. The number of pyridine rings is 2. The third kappa shape index (κ3) is 3.20. The van der Waals surface area contributed by atoms with Gasteiger partial charge >= 0.3 is 5.97 Å². The Morgan fingerprint density at radius 2 is 2.24 bits per heavy atom. The summed E-state index contributed by atoms with van der Waals surface area (Å²) in [5.74, 6) is -2.44. The lowest BCUT2D eigenvalue weighted by atomic mass is 10.1. The molecule has 0 amide bonds. The predicted molar refractivity (Wildman–Crippen MR) is 101 cm³/mol. The van der Waals surface area contributed by atoms with E-state index in [1.54, 1.807) is 4.90 Å². The molecule has 1 saturated carbocycles. The Morgan fingerprint density at radius 1 is 1.52 bits per heavy atom. The maximum atomic E-state index is 14.9. The number of oxime groups is 1. The van der Waals surface area contributed by atoms with Gasteiger partial charge < -0.3 is 25.1 Å². The van der Waals surface area contributed by atoms with Crippen LogP contribution in [0.25, 0.3) is 11.0 Å². The van der Waals surface area contributed by atoms with E-state index < -0.39 is 35.0 Å². The number of aromatic carboxylic acids is 1. The lowest BCUT2D eigenvalue weighted by molar-refractivity contribution is 0.0694. The SMILES string of the molecule is CO/N=C1\CN(c2nc3c(cc2F)c(=O)c(C(=O)O)cn3[C@@H]2C[C@@H]2F)CC1CN. The molecule has 3 N–H and O–H groups in total. The van der Waals surface area contributed by atoms with Crippen LogP contribution in [-0.2, 0) is 4.84 Å². The van der Waals surface area contributed by atoms with E-state index in [0.717, 1.165) is 12.3 Å². The van der Waals surface area contributed by atoms with E-state index in [1.807, 2.05) is 0 Å². The highest BCUT2D eigenvalue weighted by Crippen LogP contribution is 2.40. The molecule has 2 aromatic heterocycles. The zero-order valence-corrected chi connectivity index (χ0v) is 15.5. The average molecular weight is 407 g/mol. The van der Waals surface area contributed by atoms with Gasteiger partial charge in [-0.05, 0) is 6.07 Å². The smallest absolute Gasteiger partial charge is 0.341 e. The highest BCUT2D eigenvalue weighted by Gasteiger charge is 2.41. The van der Waals surface area contributed by atoms with E-state index in [1.165, 1.54) is 11.7 Å². The fourth-order valence-corrected chi connectivity index (χ4v) is 3.66. The number of aromatic nitrogens is 2. The summed E-state index contributed by atoms with van der Waals surface area (Å²) >= 11 is 0. The summed E-state index contributed by atoms with van der Waals surface area (Å²) in [5, 5.41) is 13.0. The van der Waals surface area contributed by atoms with E-state index in [0.29, 0.717) is 12.3 Å². The number of fused-ring (bicyclic) bond motifs is 1. The first-order valence-electron chi connectivity index (χ1n) is 9.03. The number of alkyl halides is 1. The summed E-state index contributed by atoms with van der Waals surface area (Å²) < 4.78 is 29.9. The number of hydrogen-bond acceptors (Lipinski definition) is 7. The van der Waals surface area contributed by atoms with Crippen molar-refractivity contribution in [2.24, 2.45) is 16.8 Å². The van der Waals surface area contributed by atoms with Gasteiger partial charge in [-0.25, -0.2) is 18.6 Å². The van der Waals surface area contributed by atoms with Gasteiger partial charge in [0, 0.05) is 31.6 Å². The third-order valence-electron chi connectivity index (χ3n) is 5.27. The number of nitrogens with zero attached hydrogens (tertiary/aromatic N) is 4. The first kappa shape index (κ1) is 19.2. The molecule has 9 nitrogen and oxygen atoms in total. The van der Waals surface area contributed by atoms with Gasteiger partial charge in [0.15, 0.2) is 11.6 Å². The van der Waals surface area contributed by atoms with Crippen molar-refractivity contribution < 1.29 is 23.5 Å². The number of nitrogens with two attached hydrogens (primary N) is 1. The van der Waals surface area contributed by atoms with E-state index in [9.17, 15) is 23.5 Å². The third-order valence-corrected chi connectivity index (χ3v) is 5.27. The van der Waals surface area contributed by atoms with E-state index >= 15 is 0 Å². The Labute approximate surface area is 163 Å². The van der Waals surface area contributed by atoms with Gasteiger partial charge in [0.1, 0.15) is 24.5 Å². The number of anilines is 1. The van der Waals surface area contributed by atoms with Crippen molar-refractivity contribution in [3.05, 3.63) is 33.9 Å². The maximum Gasteiger partial charge on any atom is 0.341 e. The molecule has 3 atom stereocenters. The Hall–Kier alpha value is -3.08. The number of carboxylic acids is 1. The van der Waals surface area contributed by atoms with Crippen molar-refractivity contribution in [3.8, 4) is 0 Å². The van der Waals surface area contributed by atoms with Gasteiger partial charge in [-0.2, -0.15) is 0 Å². The number of carbonyl (C=O) groups is 1. The van der Waals surface area contributed by atoms with Crippen molar-refractivity contribution >= 4 is 28.5 Å². The molecule has 29 heavy (non-hydrogen) atoms. The quantitative estimate of drug-likeness (QED) is 0.707. The van der Waals surface area contributed by atoms with Crippen molar-refractivity contribution in [3.63, 3.8) is 0 Å². The topological polar surface area (TPSA) is 123 Å². The number of hydrogen-bond donors (Lipinski definition) is 2. The molecular weight excluding hydrogens is 388 g/mol. The molecule has 0 spiro atoms. The van der Waals surface area contributed by atoms with Crippen LogP contribution in [0.5, 0.6) is 0 Å². The average Bonchev–Trinajstić information content (AvgIpc) is 3.26. The van der Waals surface area contributed by atoms with Crippen LogP contribution in [0.2, 0.25) is 0 Å². The van der Waals surface area contributed by atoms with Gasteiger partial charge in [0.25, 0.3) is 0 Å². The predicted octanol–water partition coefficient (Wildman–Crippen LogP) is 0.914. The molecule has 0 bridgehead atoms. The molecule has 1 aliphatic heterocycles. The number of rotatable bonds is 5.